The van der Waals surface area contributed by atoms with Crippen molar-refractivity contribution in [3.05, 3.63) is 105 Å². The van der Waals surface area contributed by atoms with E-state index in [0.29, 0.717) is 28.7 Å². The number of hydrogen-bond donors (Lipinski definition) is 1. The average molecular weight is 518 g/mol. The monoisotopic (exact) mass is 517 g/mol. The summed E-state index contributed by atoms with van der Waals surface area (Å²) in [5.74, 6) is 0.364. The van der Waals surface area contributed by atoms with Gasteiger partial charge in [-0.05, 0) is 56.8 Å². The minimum absolute atomic E-state index is 0.202. The van der Waals surface area contributed by atoms with Crippen LogP contribution in [-0.4, -0.2) is 22.4 Å². The first-order chi connectivity index (χ1) is 17.8. The first-order valence-electron chi connectivity index (χ1n) is 11.8. The van der Waals surface area contributed by atoms with Crippen LogP contribution >= 0.6 is 12.2 Å². The predicted molar refractivity (Wildman–Crippen MR) is 146 cm³/mol. The molecule has 0 aromatic heterocycles. The molecule has 190 valence electrons. The molecular weight excluding hydrogens is 490 g/mol. The second-order valence-electron chi connectivity index (χ2n) is 8.43. The van der Waals surface area contributed by atoms with Gasteiger partial charge in [0.2, 0.25) is 0 Å². The Morgan fingerprint density at radius 2 is 1.68 bits per heavy atom. The van der Waals surface area contributed by atoms with Crippen molar-refractivity contribution in [2.24, 2.45) is 0 Å². The summed E-state index contributed by atoms with van der Waals surface area (Å²) < 4.78 is 11.7. The van der Waals surface area contributed by atoms with Crippen LogP contribution < -0.4 is 19.7 Å². The zero-order valence-corrected chi connectivity index (χ0v) is 21.6. The van der Waals surface area contributed by atoms with Crippen LogP contribution in [0.5, 0.6) is 11.5 Å². The van der Waals surface area contributed by atoms with Crippen LogP contribution in [0.1, 0.15) is 37.9 Å². The maximum Gasteiger partial charge on any atom is 0.279 e. The molecule has 4 rings (SSSR count). The van der Waals surface area contributed by atoms with E-state index in [1.165, 1.54) is 13.0 Å². The SMILES string of the molecule is CCOc1cc([C@@H]2NC(=S)N(c3ccccc3)C(C)=C2C(C)=O)c([N+](=O)[O-])cc1OCc1ccccc1. The van der Waals surface area contributed by atoms with Gasteiger partial charge in [-0.25, -0.2) is 0 Å². The Kier molecular flexibility index (Phi) is 7.83. The minimum Gasteiger partial charge on any atom is -0.490 e. The van der Waals surface area contributed by atoms with Gasteiger partial charge in [0, 0.05) is 17.0 Å². The quantitative estimate of drug-likeness (QED) is 0.214. The molecule has 9 heteroatoms. The number of hydrogen-bond acceptors (Lipinski definition) is 6. The van der Waals surface area contributed by atoms with Crippen molar-refractivity contribution in [2.75, 3.05) is 11.5 Å². The average Bonchev–Trinajstić information content (AvgIpc) is 2.88. The zero-order valence-electron chi connectivity index (χ0n) is 20.8. The Balaban J connectivity index is 1.81. The molecule has 0 spiro atoms. The molecule has 1 heterocycles. The van der Waals surface area contributed by atoms with Crippen LogP contribution in [0.4, 0.5) is 11.4 Å². The molecule has 0 fully saturated rings. The molecule has 0 saturated heterocycles. The van der Waals surface area contributed by atoms with Crippen molar-refractivity contribution in [3.63, 3.8) is 0 Å². The summed E-state index contributed by atoms with van der Waals surface area (Å²) >= 11 is 5.66. The highest BCUT2D eigenvalue weighted by Crippen LogP contribution is 2.42. The number of Topliss-reactive ketones (excluding diaryl/α,β-unsaturated/α-hetero) is 1. The summed E-state index contributed by atoms with van der Waals surface area (Å²) in [7, 11) is 0. The van der Waals surface area contributed by atoms with Crippen molar-refractivity contribution in [1.29, 1.82) is 0 Å². The second kappa shape index (κ2) is 11.2. The number of para-hydroxylation sites is 1. The lowest BCUT2D eigenvalue weighted by Crippen LogP contribution is -2.47. The number of ether oxygens (including phenoxy) is 2. The first kappa shape index (κ1) is 25.8. The highest BCUT2D eigenvalue weighted by atomic mass is 32.1. The minimum atomic E-state index is -0.840. The second-order valence-corrected chi connectivity index (χ2v) is 8.82. The fourth-order valence-electron chi connectivity index (χ4n) is 4.39. The van der Waals surface area contributed by atoms with Crippen LogP contribution in [-0.2, 0) is 11.4 Å². The highest BCUT2D eigenvalue weighted by Gasteiger charge is 2.37. The number of nitrogens with one attached hydrogen (secondary N) is 1. The number of benzene rings is 3. The normalized spacial score (nSPS) is 15.3. The van der Waals surface area contributed by atoms with E-state index in [4.69, 9.17) is 21.7 Å². The smallest absolute Gasteiger partial charge is 0.279 e. The molecule has 0 radical (unpaired) electrons. The number of thiocarbonyl (C=S) groups is 1. The summed E-state index contributed by atoms with van der Waals surface area (Å²) in [6, 6.07) is 21.0. The van der Waals surface area contributed by atoms with Crippen LogP contribution in [0.3, 0.4) is 0 Å². The summed E-state index contributed by atoms with van der Waals surface area (Å²) in [5, 5.41) is 15.7. The summed E-state index contributed by atoms with van der Waals surface area (Å²) in [4.78, 5) is 26.4. The van der Waals surface area contributed by atoms with Crippen LogP contribution in [0.15, 0.2) is 84.1 Å². The molecule has 0 aliphatic carbocycles. The number of rotatable bonds is 9. The molecule has 0 bridgehead atoms. The van der Waals surface area contributed by atoms with Crippen molar-refractivity contribution >= 4 is 34.5 Å². The number of allylic oxidation sites excluding steroid dienone is 1. The molecule has 37 heavy (non-hydrogen) atoms. The van der Waals surface area contributed by atoms with Gasteiger partial charge in [-0.3, -0.25) is 19.8 Å². The molecule has 1 aliphatic rings. The van der Waals surface area contributed by atoms with E-state index in [0.717, 1.165) is 11.3 Å². The third-order valence-corrected chi connectivity index (χ3v) is 6.32. The maximum absolute atomic E-state index is 12.9. The van der Waals surface area contributed by atoms with Crippen molar-refractivity contribution in [1.82, 2.24) is 5.32 Å². The first-order valence-corrected chi connectivity index (χ1v) is 12.2. The highest BCUT2D eigenvalue weighted by molar-refractivity contribution is 7.80. The van der Waals surface area contributed by atoms with Gasteiger partial charge in [-0.1, -0.05) is 48.5 Å². The zero-order chi connectivity index (χ0) is 26.5. The van der Waals surface area contributed by atoms with Gasteiger partial charge in [0.05, 0.1) is 29.2 Å². The van der Waals surface area contributed by atoms with E-state index in [9.17, 15) is 14.9 Å². The Bertz CT molecular complexity index is 1360. The van der Waals surface area contributed by atoms with Crippen LogP contribution in [0.2, 0.25) is 0 Å². The fraction of sp³-hybridized carbons (Fsp3) is 0.214. The summed E-state index contributed by atoms with van der Waals surface area (Å²) in [6.45, 7) is 5.59. The number of ketones is 1. The Labute approximate surface area is 220 Å². The van der Waals surface area contributed by atoms with E-state index in [-0.39, 0.29) is 29.4 Å². The van der Waals surface area contributed by atoms with Crippen LogP contribution in [0.25, 0.3) is 0 Å². The topological polar surface area (TPSA) is 93.9 Å². The van der Waals surface area contributed by atoms with Gasteiger partial charge < -0.3 is 14.8 Å². The molecular formula is C28H27N3O5S. The lowest BCUT2D eigenvalue weighted by molar-refractivity contribution is -0.385. The molecule has 1 aliphatic heterocycles. The molecule has 0 saturated carbocycles. The molecule has 3 aromatic carbocycles. The van der Waals surface area contributed by atoms with E-state index in [1.807, 2.05) is 67.6 Å². The van der Waals surface area contributed by atoms with Crippen LogP contribution in [0, 0.1) is 10.1 Å². The number of nitro groups is 1. The van der Waals surface area contributed by atoms with Gasteiger partial charge in [0.15, 0.2) is 22.4 Å². The van der Waals surface area contributed by atoms with Crippen molar-refractivity contribution in [2.45, 2.75) is 33.4 Å². The van der Waals surface area contributed by atoms with E-state index >= 15 is 0 Å². The molecule has 1 atom stereocenters. The lowest BCUT2D eigenvalue weighted by Gasteiger charge is -2.37. The van der Waals surface area contributed by atoms with Gasteiger partial charge >= 0.3 is 0 Å². The Morgan fingerprint density at radius 1 is 1.05 bits per heavy atom. The number of carbonyl (C=O) groups excluding carboxylic acids is 1. The third kappa shape index (κ3) is 5.46. The van der Waals surface area contributed by atoms with Crippen molar-refractivity contribution < 1.29 is 19.2 Å². The molecule has 3 aromatic rings. The molecule has 0 unspecified atom stereocenters. The lowest BCUT2D eigenvalue weighted by atomic mass is 9.91. The Morgan fingerprint density at radius 3 is 2.27 bits per heavy atom. The molecule has 0 amide bonds. The third-order valence-electron chi connectivity index (χ3n) is 6.02. The summed E-state index contributed by atoms with van der Waals surface area (Å²) in [6.07, 6.45) is 0. The maximum atomic E-state index is 12.9. The van der Waals surface area contributed by atoms with Gasteiger partial charge in [0.25, 0.3) is 5.69 Å². The number of nitrogens with zero attached hydrogens (tertiary/aromatic N) is 2. The fourth-order valence-corrected chi connectivity index (χ4v) is 4.75. The Hall–Kier alpha value is -4.24. The number of anilines is 1. The largest absolute Gasteiger partial charge is 0.490 e. The number of nitro benzene ring substituents is 1. The van der Waals surface area contributed by atoms with E-state index < -0.39 is 11.0 Å². The summed E-state index contributed by atoms with van der Waals surface area (Å²) in [5.41, 5.74) is 2.73. The van der Waals surface area contributed by atoms with E-state index in [1.54, 1.807) is 17.9 Å². The van der Waals surface area contributed by atoms with Gasteiger partial charge in [-0.15, -0.1) is 0 Å². The predicted octanol–water partition coefficient (Wildman–Crippen LogP) is 5.87. The standard InChI is InChI=1S/C28H27N3O5S/c1-4-35-24-15-22(23(31(33)34)16-25(24)36-17-20-11-7-5-8-12-20)27-26(19(3)32)18(2)30(28(37)29-27)21-13-9-6-10-14-21/h5-16,27H,4,17H2,1-3H3,(H,29,37)/t27-/m0/s1. The van der Waals surface area contributed by atoms with Gasteiger partial charge in [0.1, 0.15) is 6.61 Å². The molecule has 1 N–H and O–H groups in total. The van der Waals surface area contributed by atoms with E-state index in [2.05, 4.69) is 5.32 Å². The van der Waals surface area contributed by atoms with Gasteiger partial charge in [-0.2, -0.15) is 0 Å². The number of carbonyl (C=O) groups is 1. The molecule has 8 nitrogen and oxygen atoms in total. The van der Waals surface area contributed by atoms with Crippen molar-refractivity contribution in [3.8, 4) is 11.5 Å².